The van der Waals surface area contributed by atoms with Crippen LogP contribution >= 0.6 is 12.4 Å². The Morgan fingerprint density at radius 2 is 2.08 bits per heavy atom. The molecule has 0 aliphatic carbocycles. The van der Waals surface area contributed by atoms with Crippen LogP contribution in [0.2, 0.25) is 0 Å². The molecule has 1 aliphatic heterocycles. The van der Waals surface area contributed by atoms with Crippen molar-refractivity contribution in [2.24, 2.45) is 0 Å². The zero-order valence-corrected chi connectivity index (χ0v) is 15.0. The molecule has 3 aromatic rings. The Morgan fingerprint density at radius 1 is 1.24 bits per heavy atom. The number of hydrogen-bond acceptors (Lipinski definition) is 5. The van der Waals surface area contributed by atoms with E-state index < -0.39 is 0 Å². The standard InChI is InChI=1S/C19H21N3O2.ClH/c1-23-16-2-3-19-15(10-16)11-17(24-19)13-22-9-8-21-12-18(22)14-4-6-20-7-5-14;/h2-7,10-11,18,21H,8-9,12-13H2,1H3;1H. The minimum absolute atomic E-state index is 0. The fourth-order valence-corrected chi connectivity index (χ4v) is 3.33. The highest BCUT2D eigenvalue weighted by atomic mass is 35.5. The van der Waals surface area contributed by atoms with E-state index in [2.05, 4.69) is 33.4 Å². The van der Waals surface area contributed by atoms with E-state index in [1.54, 1.807) is 7.11 Å². The molecule has 5 nitrogen and oxygen atoms in total. The van der Waals surface area contributed by atoms with Crippen molar-refractivity contribution < 1.29 is 9.15 Å². The van der Waals surface area contributed by atoms with E-state index in [1.165, 1.54) is 5.56 Å². The number of pyridine rings is 1. The molecule has 3 heterocycles. The second-order valence-electron chi connectivity index (χ2n) is 6.09. The van der Waals surface area contributed by atoms with Crippen LogP contribution in [0, 0.1) is 0 Å². The van der Waals surface area contributed by atoms with Crippen molar-refractivity contribution in [1.29, 1.82) is 0 Å². The smallest absolute Gasteiger partial charge is 0.134 e. The summed E-state index contributed by atoms with van der Waals surface area (Å²) in [5.74, 6) is 1.84. The summed E-state index contributed by atoms with van der Waals surface area (Å²) >= 11 is 0. The van der Waals surface area contributed by atoms with Gasteiger partial charge in [-0.2, -0.15) is 0 Å². The first kappa shape index (κ1) is 17.7. The van der Waals surface area contributed by atoms with Crippen molar-refractivity contribution in [3.63, 3.8) is 0 Å². The Kier molecular flexibility index (Phi) is 5.58. The molecule has 25 heavy (non-hydrogen) atoms. The number of ether oxygens (including phenoxy) is 1. The average molecular weight is 360 g/mol. The molecular formula is C19H22ClN3O2. The lowest BCUT2D eigenvalue weighted by molar-refractivity contribution is 0.144. The number of rotatable bonds is 4. The molecule has 1 N–H and O–H groups in total. The van der Waals surface area contributed by atoms with E-state index in [-0.39, 0.29) is 12.4 Å². The van der Waals surface area contributed by atoms with Crippen LogP contribution in [-0.2, 0) is 6.54 Å². The summed E-state index contributed by atoms with van der Waals surface area (Å²) < 4.78 is 11.3. The number of fused-ring (bicyclic) bond motifs is 1. The van der Waals surface area contributed by atoms with E-state index in [0.29, 0.717) is 6.04 Å². The van der Waals surface area contributed by atoms with E-state index in [1.807, 2.05) is 30.6 Å². The average Bonchev–Trinajstić information content (AvgIpc) is 3.04. The summed E-state index contributed by atoms with van der Waals surface area (Å²) in [6, 6.07) is 12.5. The molecule has 1 aliphatic rings. The van der Waals surface area contributed by atoms with Gasteiger partial charge in [-0.1, -0.05) is 0 Å². The lowest BCUT2D eigenvalue weighted by atomic mass is 10.0. The van der Waals surface area contributed by atoms with Crippen molar-refractivity contribution in [1.82, 2.24) is 15.2 Å². The zero-order valence-electron chi connectivity index (χ0n) is 14.1. The largest absolute Gasteiger partial charge is 0.497 e. The molecule has 132 valence electrons. The number of furan rings is 1. The topological polar surface area (TPSA) is 50.5 Å². The maximum atomic E-state index is 6.02. The maximum absolute atomic E-state index is 6.02. The first-order chi connectivity index (χ1) is 11.8. The van der Waals surface area contributed by atoms with Gasteiger partial charge in [0, 0.05) is 43.5 Å². The van der Waals surface area contributed by atoms with Gasteiger partial charge in [-0.05, 0) is 42.0 Å². The van der Waals surface area contributed by atoms with Gasteiger partial charge in [-0.3, -0.25) is 9.88 Å². The predicted octanol–water partition coefficient (Wildman–Crippen LogP) is 3.40. The molecule has 4 rings (SSSR count). The van der Waals surface area contributed by atoms with E-state index in [9.17, 15) is 0 Å². The van der Waals surface area contributed by atoms with Crippen LogP contribution in [0.25, 0.3) is 11.0 Å². The van der Waals surface area contributed by atoms with Crippen LogP contribution in [0.15, 0.2) is 53.2 Å². The Bertz CT molecular complexity index is 822. The van der Waals surface area contributed by atoms with Crippen LogP contribution in [-0.4, -0.2) is 36.6 Å². The van der Waals surface area contributed by atoms with Gasteiger partial charge >= 0.3 is 0 Å². The van der Waals surface area contributed by atoms with Crippen LogP contribution in [0.4, 0.5) is 0 Å². The zero-order chi connectivity index (χ0) is 16.4. The first-order valence-electron chi connectivity index (χ1n) is 8.24. The van der Waals surface area contributed by atoms with Gasteiger partial charge in [0.25, 0.3) is 0 Å². The van der Waals surface area contributed by atoms with Gasteiger partial charge in [0.05, 0.1) is 13.7 Å². The molecule has 1 saturated heterocycles. The van der Waals surface area contributed by atoms with Crippen LogP contribution in [0.1, 0.15) is 17.4 Å². The number of aromatic nitrogens is 1. The molecule has 0 bridgehead atoms. The van der Waals surface area contributed by atoms with E-state index in [0.717, 1.165) is 48.7 Å². The van der Waals surface area contributed by atoms with Crippen molar-refractivity contribution >= 4 is 23.4 Å². The van der Waals surface area contributed by atoms with Gasteiger partial charge in [0.1, 0.15) is 17.1 Å². The maximum Gasteiger partial charge on any atom is 0.134 e. The molecule has 1 aromatic carbocycles. The molecule has 0 spiro atoms. The minimum Gasteiger partial charge on any atom is -0.497 e. The Balaban J connectivity index is 0.00000182. The summed E-state index contributed by atoms with van der Waals surface area (Å²) in [4.78, 5) is 6.58. The van der Waals surface area contributed by atoms with Crippen LogP contribution < -0.4 is 10.1 Å². The third-order valence-corrected chi connectivity index (χ3v) is 4.58. The molecule has 2 aromatic heterocycles. The molecule has 1 atom stereocenters. The van der Waals surface area contributed by atoms with Gasteiger partial charge in [-0.25, -0.2) is 0 Å². The fraction of sp³-hybridized carbons (Fsp3) is 0.316. The Hall–Kier alpha value is -2.08. The molecule has 1 unspecified atom stereocenters. The molecule has 1 fully saturated rings. The van der Waals surface area contributed by atoms with Gasteiger partial charge in [0.15, 0.2) is 0 Å². The van der Waals surface area contributed by atoms with Gasteiger partial charge in [0.2, 0.25) is 0 Å². The first-order valence-corrected chi connectivity index (χ1v) is 8.24. The highest BCUT2D eigenvalue weighted by Crippen LogP contribution is 2.28. The Labute approximate surface area is 153 Å². The van der Waals surface area contributed by atoms with Gasteiger partial charge in [-0.15, -0.1) is 12.4 Å². The second-order valence-corrected chi connectivity index (χ2v) is 6.09. The third-order valence-electron chi connectivity index (χ3n) is 4.58. The van der Waals surface area contributed by atoms with E-state index in [4.69, 9.17) is 9.15 Å². The highest BCUT2D eigenvalue weighted by Gasteiger charge is 2.24. The lowest BCUT2D eigenvalue weighted by Crippen LogP contribution is -2.45. The Morgan fingerprint density at radius 3 is 2.88 bits per heavy atom. The number of hydrogen-bond donors (Lipinski definition) is 1. The predicted molar refractivity (Wildman–Crippen MR) is 100 cm³/mol. The summed E-state index contributed by atoms with van der Waals surface area (Å²) in [6.45, 7) is 3.73. The third kappa shape index (κ3) is 3.79. The molecule has 6 heteroatoms. The van der Waals surface area contributed by atoms with Crippen molar-refractivity contribution in [3.05, 3.63) is 60.1 Å². The normalized spacial score (nSPS) is 18.0. The molecule has 0 amide bonds. The van der Waals surface area contributed by atoms with Crippen molar-refractivity contribution in [3.8, 4) is 5.75 Å². The quantitative estimate of drug-likeness (QED) is 0.773. The van der Waals surface area contributed by atoms with Crippen LogP contribution in [0.5, 0.6) is 5.75 Å². The number of nitrogens with one attached hydrogen (secondary N) is 1. The number of halogens is 1. The molecular weight excluding hydrogens is 338 g/mol. The summed E-state index contributed by atoms with van der Waals surface area (Å²) in [5.41, 5.74) is 2.19. The highest BCUT2D eigenvalue weighted by molar-refractivity contribution is 5.85. The lowest BCUT2D eigenvalue weighted by Gasteiger charge is -2.35. The minimum atomic E-state index is 0. The number of piperazine rings is 1. The summed E-state index contributed by atoms with van der Waals surface area (Å²) in [7, 11) is 1.68. The fourth-order valence-electron chi connectivity index (χ4n) is 3.33. The van der Waals surface area contributed by atoms with Crippen molar-refractivity contribution in [2.75, 3.05) is 26.7 Å². The second kappa shape index (κ2) is 7.87. The number of methoxy groups -OCH3 is 1. The van der Waals surface area contributed by atoms with Gasteiger partial charge < -0.3 is 14.5 Å². The molecule has 0 radical (unpaired) electrons. The van der Waals surface area contributed by atoms with E-state index >= 15 is 0 Å². The number of benzene rings is 1. The monoisotopic (exact) mass is 359 g/mol. The SMILES string of the molecule is COc1ccc2oc(CN3CCNCC3c3ccncc3)cc2c1.Cl. The van der Waals surface area contributed by atoms with Crippen LogP contribution in [0.3, 0.4) is 0 Å². The summed E-state index contributed by atoms with van der Waals surface area (Å²) in [5, 5.41) is 4.56. The molecule has 0 saturated carbocycles. The summed E-state index contributed by atoms with van der Waals surface area (Å²) in [6.07, 6.45) is 3.71. The number of nitrogens with zero attached hydrogens (tertiary/aromatic N) is 2. The van der Waals surface area contributed by atoms with Crippen molar-refractivity contribution in [2.45, 2.75) is 12.6 Å².